The van der Waals surface area contributed by atoms with Crippen LogP contribution >= 0.6 is 0 Å². The second kappa shape index (κ2) is 5.52. The molecule has 0 aliphatic heterocycles. The molecular weight excluding hydrogens is 260 g/mol. The summed E-state index contributed by atoms with van der Waals surface area (Å²) in [6.07, 6.45) is 0.0896. The normalized spacial score (nSPS) is 10.2. The molecule has 5 heteroatoms. The zero-order valence-corrected chi connectivity index (χ0v) is 10.8. The van der Waals surface area contributed by atoms with Crippen LogP contribution in [-0.4, -0.2) is 22.4 Å². The summed E-state index contributed by atoms with van der Waals surface area (Å²) in [4.78, 5) is 11.6. The molecule has 0 atom stereocenters. The van der Waals surface area contributed by atoms with E-state index in [2.05, 4.69) is 0 Å². The van der Waals surface area contributed by atoms with Gasteiger partial charge in [-0.25, -0.2) is 0 Å². The van der Waals surface area contributed by atoms with E-state index >= 15 is 0 Å². The third-order valence-electron chi connectivity index (χ3n) is 2.93. The number of phenols is 2. The largest absolute Gasteiger partial charge is 0.508 e. The Hall–Kier alpha value is -2.69. The van der Waals surface area contributed by atoms with Gasteiger partial charge < -0.3 is 20.1 Å². The van der Waals surface area contributed by atoms with Crippen molar-refractivity contribution < 1.29 is 20.1 Å². The SMILES string of the molecule is COc1ccc(=O)c(O)c(Cc2cc(O)ccc2O)c1. The van der Waals surface area contributed by atoms with Crippen LogP contribution in [0.25, 0.3) is 0 Å². The molecule has 0 aromatic heterocycles. The summed E-state index contributed by atoms with van der Waals surface area (Å²) in [7, 11) is 1.45. The lowest BCUT2D eigenvalue weighted by Gasteiger charge is -2.06. The summed E-state index contributed by atoms with van der Waals surface area (Å²) < 4.78 is 5.05. The average Bonchev–Trinajstić information content (AvgIpc) is 2.56. The Bertz CT molecular complexity index is 694. The van der Waals surface area contributed by atoms with Crippen molar-refractivity contribution in [2.24, 2.45) is 0 Å². The number of hydrogen-bond acceptors (Lipinski definition) is 5. The van der Waals surface area contributed by atoms with Crippen LogP contribution < -0.4 is 10.2 Å². The topological polar surface area (TPSA) is 87.0 Å². The van der Waals surface area contributed by atoms with E-state index in [0.29, 0.717) is 16.9 Å². The summed E-state index contributed by atoms with van der Waals surface area (Å²) in [6, 6.07) is 8.25. The van der Waals surface area contributed by atoms with Gasteiger partial charge in [-0.15, -0.1) is 0 Å². The summed E-state index contributed by atoms with van der Waals surface area (Å²) in [6.45, 7) is 0. The van der Waals surface area contributed by atoms with Crippen LogP contribution in [0, 0.1) is 0 Å². The highest BCUT2D eigenvalue weighted by Crippen LogP contribution is 2.27. The third-order valence-corrected chi connectivity index (χ3v) is 2.93. The minimum atomic E-state index is -0.539. The van der Waals surface area contributed by atoms with Crippen molar-refractivity contribution >= 4 is 0 Å². The summed E-state index contributed by atoms with van der Waals surface area (Å²) >= 11 is 0. The molecule has 5 nitrogen and oxygen atoms in total. The molecule has 0 amide bonds. The van der Waals surface area contributed by atoms with Crippen molar-refractivity contribution in [3.63, 3.8) is 0 Å². The lowest BCUT2D eigenvalue weighted by molar-refractivity contribution is 0.414. The van der Waals surface area contributed by atoms with Gasteiger partial charge in [-0.3, -0.25) is 4.79 Å². The molecular formula is C15H14O5. The molecule has 2 aromatic carbocycles. The summed E-state index contributed by atoms with van der Waals surface area (Å²) in [5, 5.41) is 29.1. The van der Waals surface area contributed by atoms with Crippen LogP contribution in [0.2, 0.25) is 0 Å². The Morgan fingerprint density at radius 3 is 2.45 bits per heavy atom. The highest BCUT2D eigenvalue weighted by Gasteiger charge is 2.10. The second-order valence-electron chi connectivity index (χ2n) is 4.31. The zero-order chi connectivity index (χ0) is 14.7. The molecule has 3 N–H and O–H groups in total. The fourth-order valence-electron chi connectivity index (χ4n) is 1.86. The second-order valence-corrected chi connectivity index (χ2v) is 4.31. The van der Waals surface area contributed by atoms with Crippen LogP contribution in [0.15, 0.2) is 41.2 Å². The molecule has 0 aliphatic rings. The Morgan fingerprint density at radius 2 is 1.75 bits per heavy atom. The predicted octanol–water partition coefficient (Wildman–Crippen LogP) is 1.76. The highest BCUT2D eigenvalue weighted by atomic mass is 16.5. The number of benzene rings is 1. The smallest absolute Gasteiger partial charge is 0.220 e. The molecule has 104 valence electrons. The number of methoxy groups -OCH3 is 1. The van der Waals surface area contributed by atoms with Crippen molar-refractivity contribution in [2.75, 3.05) is 7.11 Å². The molecule has 0 spiro atoms. The van der Waals surface area contributed by atoms with Gasteiger partial charge in [0.2, 0.25) is 5.43 Å². The minimum absolute atomic E-state index is 0.00749. The number of hydrogen-bond donors (Lipinski definition) is 3. The van der Waals surface area contributed by atoms with Crippen LogP contribution in [0.5, 0.6) is 23.0 Å². The first-order valence-electron chi connectivity index (χ1n) is 5.92. The van der Waals surface area contributed by atoms with Gasteiger partial charge in [-0.05, 0) is 36.4 Å². The number of rotatable bonds is 3. The van der Waals surface area contributed by atoms with Gasteiger partial charge in [0.15, 0.2) is 5.75 Å². The molecule has 0 fully saturated rings. The first-order valence-corrected chi connectivity index (χ1v) is 5.92. The number of ether oxygens (including phenoxy) is 1. The van der Waals surface area contributed by atoms with Crippen LogP contribution in [0.4, 0.5) is 0 Å². The van der Waals surface area contributed by atoms with E-state index < -0.39 is 11.2 Å². The average molecular weight is 274 g/mol. The minimum Gasteiger partial charge on any atom is -0.508 e. The quantitative estimate of drug-likeness (QED) is 0.742. The molecule has 0 saturated heterocycles. The van der Waals surface area contributed by atoms with Gasteiger partial charge in [0.05, 0.1) is 7.11 Å². The lowest BCUT2D eigenvalue weighted by atomic mass is 10.0. The van der Waals surface area contributed by atoms with E-state index in [1.807, 2.05) is 0 Å². The van der Waals surface area contributed by atoms with Gasteiger partial charge >= 0.3 is 0 Å². The van der Waals surface area contributed by atoms with Crippen LogP contribution in [0.3, 0.4) is 0 Å². The Kier molecular flexibility index (Phi) is 3.79. The van der Waals surface area contributed by atoms with Crippen molar-refractivity contribution in [3.8, 4) is 23.0 Å². The molecule has 2 aromatic rings. The maximum absolute atomic E-state index is 11.6. The van der Waals surface area contributed by atoms with Crippen molar-refractivity contribution in [3.05, 3.63) is 57.7 Å². The van der Waals surface area contributed by atoms with Gasteiger partial charge in [0.25, 0.3) is 0 Å². The Morgan fingerprint density at radius 1 is 1.00 bits per heavy atom. The monoisotopic (exact) mass is 274 g/mol. The fraction of sp³-hybridized carbons (Fsp3) is 0.133. The van der Waals surface area contributed by atoms with Gasteiger partial charge in [-0.1, -0.05) is 0 Å². The first kappa shape index (κ1) is 13.7. The molecule has 0 unspecified atom stereocenters. The van der Waals surface area contributed by atoms with Crippen molar-refractivity contribution in [1.82, 2.24) is 0 Å². The first-order chi connectivity index (χ1) is 9.51. The maximum atomic E-state index is 11.6. The Labute approximate surface area is 115 Å². The molecule has 0 aliphatic carbocycles. The third kappa shape index (κ3) is 2.83. The predicted molar refractivity (Wildman–Crippen MR) is 73.5 cm³/mol. The molecule has 20 heavy (non-hydrogen) atoms. The van der Waals surface area contributed by atoms with E-state index in [1.165, 1.54) is 43.5 Å². The van der Waals surface area contributed by atoms with Crippen LogP contribution in [0.1, 0.15) is 11.1 Å². The molecule has 2 rings (SSSR count). The molecule has 0 heterocycles. The van der Waals surface area contributed by atoms with E-state index in [0.717, 1.165) is 0 Å². The summed E-state index contributed by atoms with van der Waals surface area (Å²) in [5.41, 5.74) is 0.161. The van der Waals surface area contributed by atoms with E-state index in [9.17, 15) is 20.1 Å². The van der Waals surface area contributed by atoms with E-state index in [-0.39, 0.29) is 17.9 Å². The zero-order valence-electron chi connectivity index (χ0n) is 10.8. The summed E-state index contributed by atoms with van der Waals surface area (Å²) in [5.74, 6) is -0.0277. The van der Waals surface area contributed by atoms with Crippen LogP contribution in [-0.2, 0) is 6.42 Å². The van der Waals surface area contributed by atoms with E-state index in [4.69, 9.17) is 4.74 Å². The lowest BCUT2D eigenvalue weighted by Crippen LogP contribution is -1.98. The van der Waals surface area contributed by atoms with E-state index in [1.54, 1.807) is 0 Å². The van der Waals surface area contributed by atoms with Crippen molar-refractivity contribution in [2.45, 2.75) is 6.42 Å². The van der Waals surface area contributed by atoms with Gasteiger partial charge in [0.1, 0.15) is 17.2 Å². The highest BCUT2D eigenvalue weighted by molar-refractivity contribution is 5.45. The van der Waals surface area contributed by atoms with Gasteiger partial charge in [0, 0.05) is 17.5 Å². The molecule has 0 saturated carbocycles. The number of phenolic OH excluding ortho intramolecular Hbond substituents is 2. The Balaban J connectivity index is 2.53. The van der Waals surface area contributed by atoms with Crippen molar-refractivity contribution in [1.29, 1.82) is 0 Å². The molecule has 0 bridgehead atoms. The molecule has 0 radical (unpaired) electrons. The van der Waals surface area contributed by atoms with Gasteiger partial charge in [-0.2, -0.15) is 0 Å². The number of aromatic hydroxyl groups is 3. The maximum Gasteiger partial charge on any atom is 0.220 e. The fourth-order valence-corrected chi connectivity index (χ4v) is 1.86. The standard InChI is InChI=1S/C15H14O5/c1-20-12-3-5-14(18)15(19)10(8-12)6-9-7-11(16)2-4-13(9)17/h2-5,7-8,16-17H,6H2,1H3,(H,18,19).